The standard InChI is InChI=1S/C22H24N4O3S.ClH/c1-15(25-21(27)18-12-22(8-9-22)14-24-18)20-11-16-13-23-10-7-19(16)26(20)30(28,29)17-5-3-2-4-6-17;/h2-7,10-11,13,15,18,24H,8-9,12,14H2,1H3,(H,25,27);1H/t15-,18?;/m1./s1. The number of carbonyl (C=O) groups excluding carboxylic acids is 1. The summed E-state index contributed by atoms with van der Waals surface area (Å²) < 4.78 is 28.3. The fraction of sp³-hybridized carbons (Fsp3) is 0.364. The number of pyridine rings is 1. The highest BCUT2D eigenvalue weighted by Gasteiger charge is 2.50. The van der Waals surface area contributed by atoms with Crippen LogP contribution in [0.3, 0.4) is 0 Å². The van der Waals surface area contributed by atoms with Crippen molar-refractivity contribution in [3.63, 3.8) is 0 Å². The third kappa shape index (κ3) is 3.84. The van der Waals surface area contributed by atoms with Gasteiger partial charge in [-0.2, -0.15) is 0 Å². The smallest absolute Gasteiger partial charge is 0.268 e. The number of amides is 1. The number of halogens is 1. The van der Waals surface area contributed by atoms with E-state index in [1.54, 1.807) is 54.9 Å². The second-order valence-electron chi connectivity index (χ2n) is 8.45. The van der Waals surface area contributed by atoms with Crippen molar-refractivity contribution in [1.29, 1.82) is 0 Å². The molecule has 3 aromatic rings. The number of benzene rings is 1. The first-order valence-electron chi connectivity index (χ1n) is 10.2. The third-order valence-electron chi connectivity index (χ3n) is 6.30. The van der Waals surface area contributed by atoms with E-state index in [0.29, 0.717) is 22.0 Å². The van der Waals surface area contributed by atoms with E-state index in [4.69, 9.17) is 0 Å². The Kier molecular flexibility index (Phi) is 5.57. The molecule has 2 aliphatic rings. The van der Waals surface area contributed by atoms with Gasteiger partial charge in [0.15, 0.2) is 0 Å². The highest BCUT2D eigenvalue weighted by Crippen LogP contribution is 2.51. The zero-order valence-electron chi connectivity index (χ0n) is 17.1. The first-order chi connectivity index (χ1) is 14.4. The first kappa shape index (κ1) is 21.8. The molecule has 2 aromatic heterocycles. The maximum absolute atomic E-state index is 13.5. The van der Waals surface area contributed by atoms with Gasteiger partial charge in [0.2, 0.25) is 5.91 Å². The topological polar surface area (TPSA) is 93.1 Å². The Balaban J connectivity index is 0.00000231. The van der Waals surface area contributed by atoms with E-state index in [2.05, 4.69) is 15.6 Å². The molecule has 1 spiro atoms. The molecule has 5 rings (SSSR count). The maximum Gasteiger partial charge on any atom is 0.268 e. The Labute approximate surface area is 187 Å². The van der Waals surface area contributed by atoms with Crippen molar-refractivity contribution >= 4 is 39.2 Å². The molecule has 1 aliphatic heterocycles. The summed E-state index contributed by atoms with van der Waals surface area (Å²) in [6.45, 7) is 2.70. The quantitative estimate of drug-likeness (QED) is 0.610. The normalized spacial score (nSPS) is 20.4. The fourth-order valence-electron chi connectivity index (χ4n) is 4.37. The molecule has 1 unspecified atom stereocenters. The van der Waals surface area contributed by atoms with Crippen LogP contribution in [0.5, 0.6) is 0 Å². The van der Waals surface area contributed by atoms with Gasteiger partial charge in [0.05, 0.1) is 28.2 Å². The summed E-state index contributed by atoms with van der Waals surface area (Å²) in [5.74, 6) is -0.0849. The predicted octanol–water partition coefficient (Wildman–Crippen LogP) is 3.01. The molecule has 1 aromatic carbocycles. The number of hydrogen-bond acceptors (Lipinski definition) is 5. The SMILES string of the molecule is C[C@@H](NC(=O)C1CC2(CC2)CN1)c1cc2cnccc2n1S(=O)(=O)c1ccccc1.Cl. The van der Waals surface area contributed by atoms with Gasteiger partial charge in [-0.25, -0.2) is 12.4 Å². The summed E-state index contributed by atoms with van der Waals surface area (Å²) in [5, 5.41) is 7.05. The van der Waals surface area contributed by atoms with Crippen molar-refractivity contribution < 1.29 is 13.2 Å². The van der Waals surface area contributed by atoms with Crippen molar-refractivity contribution in [3.05, 3.63) is 60.6 Å². The van der Waals surface area contributed by atoms with Gasteiger partial charge in [-0.05, 0) is 55.9 Å². The molecule has 2 N–H and O–H groups in total. The molecule has 1 saturated heterocycles. The van der Waals surface area contributed by atoms with Crippen LogP contribution in [0.1, 0.15) is 37.9 Å². The van der Waals surface area contributed by atoms with Crippen LogP contribution >= 0.6 is 12.4 Å². The lowest BCUT2D eigenvalue weighted by molar-refractivity contribution is -0.123. The van der Waals surface area contributed by atoms with Gasteiger partial charge >= 0.3 is 0 Å². The first-order valence-corrected chi connectivity index (χ1v) is 11.6. The second kappa shape index (κ2) is 7.93. The molecular weight excluding hydrogens is 436 g/mol. The van der Waals surface area contributed by atoms with Crippen LogP contribution in [0, 0.1) is 5.41 Å². The number of aromatic nitrogens is 2. The average Bonchev–Trinajstić information content (AvgIpc) is 3.19. The third-order valence-corrected chi connectivity index (χ3v) is 8.06. The van der Waals surface area contributed by atoms with Gasteiger partial charge in [0.1, 0.15) is 0 Å². The van der Waals surface area contributed by atoms with Crippen LogP contribution < -0.4 is 10.6 Å². The molecule has 0 bridgehead atoms. The van der Waals surface area contributed by atoms with Crippen LogP contribution in [0.25, 0.3) is 10.9 Å². The molecule has 7 nitrogen and oxygen atoms in total. The molecule has 1 aliphatic carbocycles. The van der Waals surface area contributed by atoms with Gasteiger partial charge in [-0.1, -0.05) is 18.2 Å². The Hall–Kier alpha value is -2.42. The molecule has 0 radical (unpaired) electrons. The van der Waals surface area contributed by atoms with Crippen molar-refractivity contribution in [2.45, 2.75) is 43.2 Å². The Morgan fingerprint density at radius 3 is 2.68 bits per heavy atom. The van der Waals surface area contributed by atoms with Crippen molar-refractivity contribution in [2.75, 3.05) is 6.54 Å². The van der Waals surface area contributed by atoms with Crippen LogP contribution in [-0.2, 0) is 14.8 Å². The molecule has 3 heterocycles. The molecule has 2 fully saturated rings. The Morgan fingerprint density at radius 1 is 1.26 bits per heavy atom. The van der Waals surface area contributed by atoms with Gasteiger partial charge in [0.25, 0.3) is 10.0 Å². The number of hydrogen-bond donors (Lipinski definition) is 2. The molecule has 1 saturated carbocycles. The summed E-state index contributed by atoms with van der Waals surface area (Å²) >= 11 is 0. The fourth-order valence-corrected chi connectivity index (χ4v) is 5.99. The van der Waals surface area contributed by atoms with E-state index < -0.39 is 16.1 Å². The summed E-state index contributed by atoms with van der Waals surface area (Å²) in [4.78, 5) is 17.2. The average molecular weight is 461 g/mol. The lowest BCUT2D eigenvalue weighted by atomic mass is 10.0. The van der Waals surface area contributed by atoms with Crippen LogP contribution in [-0.4, -0.2) is 35.9 Å². The minimum Gasteiger partial charge on any atom is -0.347 e. The van der Waals surface area contributed by atoms with Gasteiger partial charge in [0, 0.05) is 24.3 Å². The summed E-state index contributed by atoms with van der Waals surface area (Å²) in [6, 6.07) is 11.1. The second-order valence-corrected chi connectivity index (χ2v) is 10.2. The zero-order chi connectivity index (χ0) is 20.9. The predicted molar refractivity (Wildman–Crippen MR) is 121 cm³/mol. The van der Waals surface area contributed by atoms with Gasteiger partial charge in [-0.3, -0.25) is 9.78 Å². The van der Waals surface area contributed by atoms with Crippen molar-refractivity contribution in [1.82, 2.24) is 19.6 Å². The van der Waals surface area contributed by atoms with Gasteiger partial charge in [-0.15, -0.1) is 12.4 Å². The molecule has 2 atom stereocenters. The Morgan fingerprint density at radius 2 is 2.00 bits per heavy atom. The van der Waals surface area contributed by atoms with Crippen LogP contribution in [0.2, 0.25) is 0 Å². The van der Waals surface area contributed by atoms with Crippen LogP contribution in [0.15, 0.2) is 59.8 Å². The monoisotopic (exact) mass is 460 g/mol. The van der Waals surface area contributed by atoms with E-state index in [0.717, 1.165) is 13.0 Å². The number of rotatable bonds is 5. The highest BCUT2D eigenvalue weighted by molar-refractivity contribution is 7.90. The summed E-state index contributed by atoms with van der Waals surface area (Å²) in [5.41, 5.74) is 1.36. The lowest BCUT2D eigenvalue weighted by Gasteiger charge is -2.20. The number of nitrogens with zero attached hydrogens (tertiary/aromatic N) is 2. The number of nitrogens with one attached hydrogen (secondary N) is 2. The van der Waals surface area contributed by atoms with E-state index >= 15 is 0 Å². The molecule has 9 heteroatoms. The Bertz CT molecular complexity index is 1220. The minimum atomic E-state index is -3.84. The number of fused-ring (bicyclic) bond motifs is 1. The molecule has 1 amide bonds. The molecule has 164 valence electrons. The lowest BCUT2D eigenvalue weighted by Crippen LogP contribution is -2.42. The van der Waals surface area contributed by atoms with E-state index in [9.17, 15) is 13.2 Å². The number of carbonyl (C=O) groups is 1. The largest absolute Gasteiger partial charge is 0.347 e. The van der Waals surface area contributed by atoms with Crippen LogP contribution in [0.4, 0.5) is 0 Å². The van der Waals surface area contributed by atoms with Crippen molar-refractivity contribution in [2.24, 2.45) is 5.41 Å². The van der Waals surface area contributed by atoms with Gasteiger partial charge < -0.3 is 10.6 Å². The molecule has 31 heavy (non-hydrogen) atoms. The molecular formula is C22H25ClN4O3S. The summed E-state index contributed by atoms with van der Waals surface area (Å²) in [7, 11) is -3.84. The van der Waals surface area contributed by atoms with E-state index in [1.165, 1.54) is 16.8 Å². The minimum absolute atomic E-state index is 0. The highest BCUT2D eigenvalue weighted by atomic mass is 35.5. The summed E-state index contributed by atoms with van der Waals surface area (Å²) in [6.07, 6.45) is 6.41. The van der Waals surface area contributed by atoms with Crippen molar-refractivity contribution in [3.8, 4) is 0 Å². The zero-order valence-corrected chi connectivity index (χ0v) is 18.7. The van der Waals surface area contributed by atoms with E-state index in [-0.39, 0.29) is 29.3 Å². The van der Waals surface area contributed by atoms with E-state index in [1.807, 2.05) is 6.92 Å². The maximum atomic E-state index is 13.5.